The first-order chi connectivity index (χ1) is 11.4. The molecule has 0 aliphatic heterocycles. The van der Waals surface area contributed by atoms with E-state index < -0.39 is 17.2 Å². The van der Waals surface area contributed by atoms with Crippen molar-refractivity contribution in [3.05, 3.63) is 65.7 Å². The molecule has 2 aromatic carbocycles. The van der Waals surface area contributed by atoms with Crippen LogP contribution in [0.25, 0.3) is 0 Å². The fourth-order valence-electron chi connectivity index (χ4n) is 2.09. The molecule has 0 heterocycles. The van der Waals surface area contributed by atoms with E-state index in [2.05, 4.69) is 5.32 Å². The average Bonchev–Trinajstić information content (AvgIpc) is 2.55. The first-order valence-electron chi connectivity index (χ1n) is 7.51. The molecule has 0 fully saturated rings. The minimum Gasteiger partial charge on any atom is -0.490 e. The Morgan fingerprint density at radius 1 is 1.17 bits per heavy atom. The van der Waals surface area contributed by atoms with Gasteiger partial charge in [0.1, 0.15) is 11.4 Å². The lowest BCUT2D eigenvalue weighted by Gasteiger charge is -2.24. The number of nitrogens with one attached hydrogen (secondary N) is 1. The van der Waals surface area contributed by atoms with Gasteiger partial charge in [-0.2, -0.15) is 0 Å². The molecule has 0 saturated heterocycles. The predicted octanol–water partition coefficient (Wildman–Crippen LogP) is 2.76. The third kappa shape index (κ3) is 5.03. The molecule has 1 amide bonds. The highest BCUT2D eigenvalue weighted by atomic mass is 19.1. The number of para-hydroxylation sites is 1. The number of halogens is 2. The Bertz CT molecular complexity index is 687. The molecule has 128 valence electrons. The molecular weight excluding hydrogens is 316 g/mol. The molecule has 0 aliphatic rings. The summed E-state index contributed by atoms with van der Waals surface area (Å²) >= 11 is 0. The van der Waals surface area contributed by atoms with Crippen LogP contribution >= 0.6 is 0 Å². The quantitative estimate of drug-likeness (QED) is 0.818. The Balaban J connectivity index is 1.78. The van der Waals surface area contributed by atoms with Crippen molar-refractivity contribution >= 4 is 5.91 Å². The van der Waals surface area contributed by atoms with E-state index in [-0.39, 0.29) is 31.2 Å². The fraction of sp³-hybridized carbons (Fsp3) is 0.278. The van der Waals surface area contributed by atoms with Gasteiger partial charge in [-0.15, -0.1) is 0 Å². The predicted molar refractivity (Wildman–Crippen MR) is 85.5 cm³/mol. The highest BCUT2D eigenvalue weighted by molar-refractivity contribution is 5.76. The average molecular weight is 335 g/mol. The molecule has 0 spiro atoms. The molecule has 0 bridgehead atoms. The Hall–Kier alpha value is -2.47. The molecule has 0 saturated carbocycles. The van der Waals surface area contributed by atoms with Crippen LogP contribution in [0.3, 0.4) is 0 Å². The SMILES string of the molecule is CC(O)(CNC(=O)CCOc1ccccc1F)c1ccc(F)cc1. The smallest absolute Gasteiger partial charge is 0.223 e. The number of amides is 1. The molecule has 2 aromatic rings. The summed E-state index contributed by atoms with van der Waals surface area (Å²) in [7, 11) is 0. The van der Waals surface area contributed by atoms with Crippen LogP contribution < -0.4 is 10.1 Å². The van der Waals surface area contributed by atoms with Crippen molar-refractivity contribution in [3.63, 3.8) is 0 Å². The van der Waals surface area contributed by atoms with E-state index in [9.17, 15) is 18.7 Å². The van der Waals surface area contributed by atoms with Crippen LogP contribution in [-0.4, -0.2) is 24.2 Å². The second-order valence-electron chi connectivity index (χ2n) is 5.59. The number of benzene rings is 2. The maximum atomic E-state index is 13.3. The molecule has 2 N–H and O–H groups in total. The van der Waals surface area contributed by atoms with Gasteiger partial charge in [-0.1, -0.05) is 24.3 Å². The number of carbonyl (C=O) groups excluding carboxylic acids is 1. The van der Waals surface area contributed by atoms with Crippen molar-refractivity contribution in [3.8, 4) is 5.75 Å². The molecular formula is C18H19F2NO3. The van der Waals surface area contributed by atoms with E-state index in [1.807, 2.05) is 0 Å². The Kier molecular flexibility index (Phi) is 5.87. The zero-order valence-electron chi connectivity index (χ0n) is 13.3. The molecule has 24 heavy (non-hydrogen) atoms. The lowest BCUT2D eigenvalue weighted by atomic mass is 9.96. The summed E-state index contributed by atoms with van der Waals surface area (Å²) in [4.78, 5) is 11.8. The highest BCUT2D eigenvalue weighted by Crippen LogP contribution is 2.20. The van der Waals surface area contributed by atoms with Gasteiger partial charge in [0.2, 0.25) is 5.91 Å². The van der Waals surface area contributed by atoms with Gasteiger partial charge in [0.05, 0.1) is 19.6 Å². The van der Waals surface area contributed by atoms with E-state index >= 15 is 0 Å². The summed E-state index contributed by atoms with van der Waals surface area (Å²) in [5, 5.41) is 12.9. The van der Waals surface area contributed by atoms with Crippen LogP contribution in [0.2, 0.25) is 0 Å². The summed E-state index contributed by atoms with van der Waals surface area (Å²) < 4.78 is 31.5. The first-order valence-corrected chi connectivity index (χ1v) is 7.51. The summed E-state index contributed by atoms with van der Waals surface area (Å²) in [6.45, 7) is 1.51. The van der Waals surface area contributed by atoms with Crippen LogP contribution in [0.15, 0.2) is 48.5 Å². The second-order valence-corrected chi connectivity index (χ2v) is 5.59. The van der Waals surface area contributed by atoms with E-state index in [1.165, 1.54) is 43.3 Å². The lowest BCUT2D eigenvalue weighted by Crippen LogP contribution is -2.39. The van der Waals surface area contributed by atoms with E-state index in [1.54, 1.807) is 12.1 Å². The van der Waals surface area contributed by atoms with Gasteiger partial charge in [0.25, 0.3) is 0 Å². The van der Waals surface area contributed by atoms with Crippen molar-refractivity contribution in [2.75, 3.05) is 13.2 Å². The first kappa shape index (κ1) is 17.9. The number of aliphatic hydroxyl groups is 1. The van der Waals surface area contributed by atoms with Gasteiger partial charge in [0, 0.05) is 0 Å². The van der Waals surface area contributed by atoms with E-state index in [4.69, 9.17) is 4.74 Å². The van der Waals surface area contributed by atoms with Gasteiger partial charge in [-0.25, -0.2) is 8.78 Å². The normalized spacial score (nSPS) is 13.2. The van der Waals surface area contributed by atoms with Gasteiger partial charge in [-0.05, 0) is 36.8 Å². The van der Waals surface area contributed by atoms with Crippen LogP contribution in [0.4, 0.5) is 8.78 Å². The molecule has 6 heteroatoms. The van der Waals surface area contributed by atoms with Crippen LogP contribution in [0.5, 0.6) is 5.75 Å². The summed E-state index contributed by atoms with van der Waals surface area (Å²) in [5.74, 6) is -1.14. The van der Waals surface area contributed by atoms with E-state index in [0.29, 0.717) is 5.56 Å². The van der Waals surface area contributed by atoms with Crippen molar-refractivity contribution in [1.82, 2.24) is 5.32 Å². The van der Waals surface area contributed by atoms with Crippen LogP contribution in [0.1, 0.15) is 18.9 Å². The molecule has 4 nitrogen and oxygen atoms in total. The van der Waals surface area contributed by atoms with Gasteiger partial charge in [-0.3, -0.25) is 4.79 Å². The number of hydrogen-bond acceptors (Lipinski definition) is 3. The van der Waals surface area contributed by atoms with Crippen LogP contribution in [-0.2, 0) is 10.4 Å². The molecule has 1 unspecified atom stereocenters. The molecule has 1 atom stereocenters. The van der Waals surface area contributed by atoms with Crippen molar-refractivity contribution in [1.29, 1.82) is 0 Å². The lowest BCUT2D eigenvalue weighted by molar-refractivity contribution is -0.122. The third-order valence-electron chi connectivity index (χ3n) is 3.52. The second kappa shape index (κ2) is 7.88. The van der Waals surface area contributed by atoms with Gasteiger partial charge in [0.15, 0.2) is 11.6 Å². The largest absolute Gasteiger partial charge is 0.490 e. The topological polar surface area (TPSA) is 58.6 Å². The number of rotatable bonds is 7. The monoisotopic (exact) mass is 335 g/mol. The van der Waals surface area contributed by atoms with Gasteiger partial charge < -0.3 is 15.2 Å². The maximum Gasteiger partial charge on any atom is 0.223 e. The number of ether oxygens (including phenoxy) is 1. The zero-order chi connectivity index (χ0) is 17.6. The number of carbonyl (C=O) groups is 1. The third-order valence-corrected chi connectivity index (χ3v) is 3.52. The number of hydrogen-bond donors (Lipinski definition) is 2. The van der Waals surface area contributed by atoms with E-state index in [0.717, 1.165) is 0 Å². The highest BCUT2D eigenvalue weighted by Gasteiger charge is 2.23. The summed E-state index contributed by atoms with van der Waals surface area (Å²) in [6, 6.07) is 11.3. The minimum absolute atomic E-state index is 0.0193. The van der Waals surface area contributed by atoms with Gasteiger partial charge >= 0.3 is 0 Å². The standard InChI is InChI=1S/C18H19F2NO3/c1-18(23,13-6-8-14(19)9-7-13)12-21-17(22)10-11-24-16-5-3-2-4-15(16)20/h2-9,23H,10-12H2,1H3,(H,21,22). The Morgan fingerprint density at radius 2 is 1.83 bits per heavy atom. The molecule has 0 aliphatic carbocycles. The minimum atomic E-state index is -1.32. The fourth-order valence-corrected chi connectivity index (χ4v) is 2.09. The Labute approximate surface area is 139 Å². The maximum absolute atomic E-state index is 13.3. The summed E-state index contributed by atoms with van der Waals surface area (Å²) in [5.41, 5.74) is -0.831. The Morgan fingerprint density at radius 3 is 2.50 bits per heavy atom. The summed E-state index contributed by atoms with van der Waals surface area (Å²) in [6.07, 6.45) is 0.0217. The zero-order valence-corrected chi connectivity index (χ0v) is 13.3. The molecule has 0 aromatic heterocycles. The van der Waals surface area contributed by atoms with Crippen molar-refractivity contribution < 1.29 is 23.4 Å². The molecule has 0 radical (unpaired) electrons. The van der Waals surface area contributed by atoms with Crippen molar-refractivity contribution in [2.45, 2.75) is 18.9 Å². The van der Waals surface area contributed by atoms with Crippen molar-refractivity contribution in [2.24, 2.45) is 0 Å². The molecule has 2 rings (SSSR count). The van der Waals surface area contributed by atoms with Crippen LogP contribution in [0, 0.1) is 11.6 Å².